The van der Waals surface area contributed by atoms with Crippen LogP contribution in [0.5, 0.6) is 11.5 Å². The van der Waals surface area contributed by atoms with Crippen LogP contribution in [0.4, 0.5) is 0 Å². The van der Waals surface area contributed by atoms with Gasteiger partial charge in [-0.05, 0) is 68.0 Å². The second kappa shape index (κ2) is 7.41. The molecule has 0 aliphatic rings. The van der Waals surface area contributed by atoms with Gasteiger partial charge >= 0.3 is 0 Å². The first-order chi connectivity index (χ1) is 14.7. The molecule has 0 spiro atoms. The maximum atomic E-state index is 9.77. The van der Waals surface area contributed by atoms with Crippen LogP contribution < -0.4 is 0 Å². The van der Waals surface area contributed by atoms with Gasteiger partial charge in [0.15, 0.2) is 11.5 Å². The van der Waals surface area contributed by atoms with Crippen molar-refractivity contribution in [3.05, 3.63) is 109 Å². The van der Waals surface area contributed by atoms with E-state index >= 15 is 0 Å². The SMILES string of the molecule is Oc1ccc2cc3ccccc3cc2c1O.c1ccc2cc3ccccc3cc2c1. The third-order valence-corrected chi connectivity index (χ3v) is 5.45. The van der Waals surface area contributed by atoms with Crippen LogP contribution in [0.1, 0.15) is 0 Å². The lowest BCUT2D eigenvalue weighted by Crippen LogP contribution is -1.77. The molecule has 2 N–H and O–H groups in total. The Morgan fingerprint density at radius 3 is 1.17 bits per heavy atom. The predicted octanol–water partition coefficient (Wildman–Crippen LogP) is 7.40. The van der Waals surface area contributed by atoms with Crippen LogP contribution in [0, 0.1) is 0 Å². The highest BCUT2D eigenvalue weighted by Crippen LogP contribution is 2.35. The summed E-state index contributed by atoms with van der Waals surface area (Å²) in [5, 5.41) is 28.2. The second-order valence-corrected chi connectivity index (χ2v) is 7.40. The Kier molecular flexibility index (Phi) is 4.45. The van der Waals surface area contributed by atoms with Crippen molar-refractivity contribution in [3.63, 3.8) is 0 Å². The molecule has 0 atom stereocenters. The fourth-order valence-corrected chi connectivity index (χ4v) is 3.87. The lowest BCUT2D eigenvalue weighted by Gasteiger charge is -2.05. The number of hydrogen-bond donors (Lipinski definition) is 2. The summed E-state index contributed by atoms with van der Waals surface area (Å²) in [5.74, 6) is -0.133. The molecule has 30 heavy (non-hydrogen) atoms. The zero-order chi connectivity index (χ0) is 20.5. The molecule has 144 valence electrons. The highest BCUT2D eigenvalue weighted by Gasteiger charge is 2.06. The summed E-state index contributed by atoms with van der Waals surface area (Å²) in [6, 6.07) is 36.6. The fraction of sp³-hybridized carbons (Fsp3) is 0. The molecule has 0 radical (unpaired) electrons. The van der Waals surface area contributed by atoms with Crippen molar-refractivity contribution in [3.8, 4) is 11.5 Å². The van der Waals surface area contributed by atoms with Gasteiger partial charge < -0.3 is 10.2 Å². The van der Waals surface area contributed by atoms with Crippen molar-refractivity contribution in [2.24, 2.45) is 0 Å². The molecule has 2 nitrogen and oxygen atoms in total. The third-order valence-electron chi connectivity index (χ3n) is 5.45. The summed E-state index contributed by atoms with van der Waals surface area (Å²) in [4.78, 5) is 0. The van der Waals surface area contributed by atoms with Crippen LogP contribution in [-0.2, 0) is 0 Å². The Labute approximate surface area is 174 Å². The van der Waals surface area contributed by atoms with Gasteiger partial charge in [0.2, 0.25) is 0 Å². The van der Waals surface area contributed by atoms with Crippen LogP contribution in [0.3, 0.4) is 0 Å². The number of phenolic OH excluding ortho intramolecular Hbond substituents is 2. The summed E-state index contributed by atoms with van der Waals surface area (Å²) in [7, 11) is 0. The topological polar surface area (TPSA) is 40.5 Å². The van der Waals surface area contributed by atoms with Gasteiger partial charge in [0, 0.05) is 5.39 Å². The molecule has 0 bridgehead atoms. The molecule has 2 heteroatoms. The number of hydrogen-bond acceptors (Lipinski definition) is 2. The number of aromatic hydroxyl groups is 2. The Bertz CT molecular complexity index is 1410. The minimum Gasteiger partial charge on any atom is -0.504 e. The van der Waals surface area contributed by atoms with Gasteiger partial charge in [-0.25, -0.2) is 0 Å². The van der Waals surface area contributed by atoms with E-state index in [1.807, 2.05) is 36.4 Å². The third kappa shape index (κ3) is 3.29. The van der Waals surface area contributed by atoms with Crippen molar-refractivity contribution in [2.45, 2.75) is 0 Å². The highest BCUT2D eigenvalue weighted by atomic mass is 16.3. The van der Waals surface area contributed by atoms with Crippen molar-refractivity contribution >= 4 is 43.1 Å². The van der Waals surface area contributed by atoms with Gasteiger partial charge in [0.1, 0.15) is 0 Å². The number of fused-ring (bicyclic) bond motifs is 4. The Hall–Kier alpha value is -4.04. The van der Waals surface area contributed by atoms with Gasteiger partial charge in [-0.1, -0.05) is 78.9 Å². The molecule has 0 heterocycles. The van der Waals surface area contributed by atoms with E-state index in [2.05, 4.69) is 60.7 Å². The van der Waals surface area contributed by atoms with Gasteiger partial charge in [-0.3, -0.25) is 0 Å². The smallest absolute Gasteiger partial charge is 0.165 e. The van der Waals surface area contributed by atoms with Gasteiger partial charge in [-0.2, -0.15) is 0 Å². The average Bonchev–Trinajstić information content (AvgIpc) is 2.79. The number of benzene rings is 6. The van der Waals surface area contributed by atoms with Gasteiger partial charge in [0.05, 0.1) is 0 Å². The summed E-state index contributed by atoms with van der Waals surface area (Å²) < 4.78 is 0. The number of rotatable bonds is 0. The molecule has 6 aromatic carbocycles. The molecule has 0 aliphatic carbocycles. The standard InChI is InChI=1S/C14H10O2.C14H10/c15-13-6-5-11-7-9-3-1-2-4-10(9)8-12(11)14(13)16;1-2-6-12-10-14-8-4-3-7-13(14)9-11(12)5-1/h1-8,15-16H;1-10H. The first kappa shape index (κ1) is 18.0. The van der Waals surface area contributed by atoms with Crippen LogP contribution in [0.25, 0.3) is 43.1 Å². The summed E-state index contributed by atoms with van der Waals surface area (Å²) >= 11 is 0. The van der Waals surface area contributed by atoms with Gasteiger partial charge in [-0.15, -0.1) is 0 Å². The minimum absolute atomic E-state index is 0.0525. The lowest BCUT2D eigenvalue weighted by molar-refractivity contribution is 0.408. The van der Waals surface area contributed by atoms with Crippen molar-refractivity contribution < 1.29 is 10.2 Å². The Morgan fingerprint density at radius 2 is 0.733 bits per heavy atom. The van der Waals surface area contributed by atoms with Crippen LogP contribution in [0.2, 0.25) is 0 Å². The van der Waals surface area contributed by atoms with E-state index < -0.39 is 0 Å². The van der Waals surface area contributed by atoms with Crippen molar-refractivity contribution in [1.82, 2.24) is 0 Å². The zero-order valence-corrected chi connectivity index (χ0v) is 16.3. The van der Waals surface area contributed by atoms with E-state index in [9.17, 15) is 10.2 Å². The van der Waals surface area contributed by atoms with E-state index in [1.54, 1.807) is 6.07 Å². The number of phenols is 2. The first-order valence-electron chi connectivity index (χ1n) is 9.90. The fourth-order valence-electron chi connectivity index (χ4n) is 3.87. The molecule has 6 rings (SSSR count). The van der Waals surface area contributed by atoms with E-state index in [0.717, 1.165) is 16.2 Å². The molecular weight excluding hydrogens is 368 g/mol. The quantitative estimate of drug-likeness (QED) is 0.210. The van der Waals surface area contributed by atoms with Crippen LogP contribution in [0.15, 0.2) is 109 Å². The van der Waals surface area contributed by atoms with Crippen LogP contribution in [-0.4, -0.2) is 10.2 Å². The maximum absolute atomic E-state index is 9.77. The van der Waals surface area contributed by atoms with E-state index in [4.69, 9.17) is 0 Å². The zero-order valence-electron chi connectivity index (χ0n) is 16.3. The molecule has 0 fully saturated rings. The Morgan fingerprint density at radius 1 is 0.367 bits per heavy atom. The Balaban J connectivity index is 0.000000130. The molecule has 0 aromatic heterocycles. The maximum Gasteiger partial charge on any atom is 0.165 e. The van der Waals surface area contributed by atoms with E-state index in [0.29, 0.717) is 5.39 Å². The molecule has 0 saturated carbocycles. The van der Waals surface area contributed by atoms with Crippen LogP contribution >= 0.6 is 0 Å². The second-order valence-electron chi connectivity index (χ2n) is 7.40. The largest absolute Gasteiger partial charge is 0.504 e. The van der Waals surface area contributed by atoms with E-state index in [1.165, 1.54) is 27.6 Å². The summed E-state index contributed by atoms with van der Waals surface area (Å²) in [5.41, 5.74) is 0. The van der Waals surface area contributed by atoms with Crippen molar-refractivity contribution in [2.75, 3.05) is 0 Å². The molecule has 0 saturated heterocycles. The molecule has 0 amide bonds. The molecular formula is C28H20O2. The molecule has 6 aromatic rings. The lowest BCUT2D eigenvalue weighted by atomic mass is 10.0. The summed E-state index contributed by atoms with van der Waals surface area (Å²) in [6.07, 6.45) is 0. The normalized spacial score (nSPS) is 10.9. The summed E-state index contributed by atoms with van der Waals surface area (Å²) in [6.45, 7) is 0. The van der Waals surface area contributed by atoms with E-state index in [-0.39, 0.29) is 11.5 Å². The molecule has 0 unspecified atom stereocenters. The first-order valence-corrected chi connectivity index (χ1v) is 9.90. The minimum atomic E-state index is -0.0808. The van der Waals surface area contributed by atoms with Crippen molar-refractivity contribution in [1.29, 1.82) is 0 Å². The molecule has 0 aliphatic heterocycles. The predicted molar refractivity (Wildman–Crippen MR) is 126 cm³/mol. The van der Waals surface area contributed by atoms with Gasteiger partial charge in [0.25, 0.3) is 0 Å². The highest BCUT2D eigenvalue weighted by molar-refractivity contribution is 6.01. The monoisotopic (exact) mass is 388 g/mol. The average molecular weight is 388 g/mol.